The van der Waals surface area contributed by atoms with Crippen molar-refractivity contribution in [3.05, 3.63) is 56.9 Å². The summed E-state index contributed by atoms with van der Waals surface area (Å²) in [6, 6.07) is 6.19. The third kappa shape index (κ3) is 3.76. The molecular weight excluding hydrogens is 435 g/mol. The van der Waals surface area contributed by atoms with Crippen LogP contribution in [0.4, 0.5) is 4.39 Å². The number of rotatable bonds is 5. The summed E-state index contributed by atoms with van der Waals surface area (Å²) in [6.45, 7) is 4.73. The minimum atomic E-state index is -0.344. The standard InChI is InChI=1S/C22H21FN4O2S2/c1-11-19(30-10-25-11)21(28)24-8-17-16-7-14(16)9-27(17)22(29)18-20(31-12(2)26-18)13-4-3-5-15(23)6-13/h3-6,10,14,16-17H,7-9H2,1-2H3,(H,24,28)/t14-,16-,17-/m1/s1. The topological polar surface area (TPSA) is 75.2 Å². The van der Waals surface area contributed by atoms with Crippen molar-refractivity contribution in [2.45, 2.75) is 26.3 Å². The number of halogens is 1. The third-order valence-electron chi connectivity index (χ3n) is 6.01. The van der Waals surface area contributed by atoms with Gasteiger partial charge in [0.05, 0.1) is 27.1 Å². The predicted molar refractivity (Wildman–Crippen MR) is 118 cm³/mol. The summed E-state index contributed by atoms with van der Waals surface area (Å²) in [5, 5.41) is 3.75. The van der Waals surface area contributed by atoms with E-state index in [1.807, 2.05) is 18.7 Å². The van der Waals surface area contributed by atoms with E-state index in [1.165, 1.54) is 34.8 Å². The highest BCUT2D eigenvalue weighted by atomic mass is 32.1. The van der Waals surface area contributed by atoms with E-state index in [1.54, 1.807) is 17.6 Å². The monoisotopic (exact) mass is 456 g/mol. The molecule has 1 saturated heterocycles. The van der Waals surface area contributed by atoms with Crippen molar-refractivity contribution in [2.75, 3.05) is 13.1 Å². The van der Waals surface area contributed by atoms with Crippen molar-refractivity contribution >= 4 is 34.5 Å². The summed E-state index contributed by atoms with van der Waals surface area (Å²) < 4.78 is 13.8. The molecule has 2 fully saturated rings. The molecule has 2 amide bonds. The molecule has 3 atom stereocenters. The maximum atomic E-state index is 13.8. The Bertz CT molecular complexity index is 1170. The van der Waals surface area contributed by atoms with Crippen LogP contribution in [-0.4, -0.2) is 45.8 Å². The fourth-order valence-electron chi connectivity index (χ4n) is 4.40. The Morgan fingerprint density at radius 1 is 1.32 bits per heavy atom. The molecule has 0 spiro atoms. The van der Waals surface area contributed by atoms with Gasteiger partial charge in [-0.15, -0.1) is 22.7 Å². The number of aromatic nitrogens is 2. The maximum Gasteiger partial charge on any atom is 0.274 e. The van der Waals surface area contributed by atoms with Crippen LogP contribution >= 0.6 is 22.7 Å². The Morgan fingerprint density at radius 3 is 2.90 bits per heavy atom. The number of aryl methyl sites for hydroxylation is 2. The highest BCUT2D eigenvalue weighted by Gasteiger charge is 2.54. The van der Waals surface area contributed by atoms with Gasteiger partial charge in [0, 0.05) is 13.1 Å². The fraction of sp³-hybridized carbons (Fsp3) is 0.364. The van der Waals surface area contributed by atoms with E-state index in [0.29, 0.717) is 51.6 Å². The highest BCUT2D eigenvalue weighted by Crippen LogP contribution is 2.50. The van der Waals surface area contributed by atoms with Gasteiger partial charge in [-0.2, -0.15) is 0 Å². The first-order chi connectivity index (χ1) is 14.9. The molecule has 9 heteroatoms. The molecule has 160 valence electrons. The van der Waals surface area contributed by atoms with Gasteiger partial charge in [0.1, 0.15) is 16.4 Å². The van der Waals surface area contributed by atoms with E-state index in [-0.39, 0.29) is 23.7 Å². The van der Waals surface area contributed by atoms with Crippen LogP contribution in [0.3, 0.4) is 0 Å². The zero-order valence-corrected chi connectivity index (χ0v) is 18.7. The number of hydrogen-bond donors (Lipinski definition) is 1. The average molecular weight is 457 g/mol. The SMILES string of the molecule is Cc1nc(C(=O)N2C[C@H]3C[C@H]3[C@H]2CNC(=O)c2scnc2C)c(-c2cccc(F)c2)s1. The number of thiazole rings is 2. The normalized spacial score (nSPS) is 21.8. The molecule has 5 rings (SSSR count). The summed E-state index contributed by atoms with van der Waals surface area (Å²) >= 11 is 2.71. The smallest absolute Gasteiger partial charge is 0.274 e. The number of likely N-dealkylation sites (tertiary alicyclic amines) is 1. The van der Waals surface area contributed by atoms with Gasteiger partial charge < -0.3 is 10.2 Å². The number of amides is 2. The van der Waals surface area contributed by atoms with Crippen molar-refractivity contribution in [1.29, 1.82) is 0 Å². The van der Waals surface area contributed by atoms with Gasteiger partial charge >= 0.3 is 0 Å². The zero-order chi connectivity index (χ0) is 21.7. The number of benzene rings is 1. The second-order valence-electron chi connectivity index (χ2n) is 8.08. The van der Waals surface area contributed by atoms with E-state index in [9.17, 15) is 14.0 Å². The van der Waals surface area contributed by atoms with Crippen LogP contribution in [0.25, 0.3) is 10.4 Å². The van der Waals surface area contributed by atoms with E-state index >= 15 is 0 Å². The lowest BCUT2D eigenvalue weighted by Gasteiger charge is -2.27. The number of fused-ring (bicyclic) bond motifs is 1. The van der Waals surface area contributed by atoms with Gasteiger partial charge in [0.15, 0.2) is 0 Å². The highest BCUT2D eigenvalue weighted by molar-refractivity contribution is 7.15. The van der Waals surface area contributed by atoms with Crippen LogP contribution in [0.15, 0.2) is 29.8 Å². The Hall–Kier alpha value is -2.65. The first-order valence-corrected chi connectivity index (χ1v) is 11.8. The van der Waals surface area contributed by atoms with Crippen LogP contribution in [0, 0.1) is 31.5 Å². The molecule has 1 aromatic carbocycles. The Morgan fingerprint density at radius 2 is 2.16 bits per heavy atom. The third-order valence-corrected chi connectivity index (χ3v) is 7.96. The molecule has 1 aliphatic heterocycles. The maximum absolute atomic E-state index is 13.8. The van der Waals surface area contributed by atoms with E-state index < -0.39 is 0 Å². The van der Waals surface area contributed by atoms with Crippen LogP contribution in [-0.2, 0) is 0 Å². The molecule has 1 saturated carbocycles. The number of nitrogens with zero attached hydrogens (tertiary/aromatic N) is 3. The number of piperidine rings is 1. The molecule has 31 heavy (non-hydrogen) atoms. The van der Waals surface area contributed by atoms with Gasteiger partial charge in [0.2, 0.25) is 0 Å². The molecule has 0 radical (unpaired) electrons. The largest absolute Gasteiger partial charge is 0.349 e. The van der Waals surface area contributed by atoms with Crippen molar-refractivity contribution in [3.8, 4) is 10.4 Å². The minimum Gasteiger partial charge on any atom is -0.349 e. The molecule has 1 N–H and O–H groups in total. The molecule has 1 aliphatic carbocycles. The molecule has 3 aromatic rings. The van der Waals surface area contributed by atoms with Gasteiger partial charge in [0.25, 0.3) is 11.8 Å². The predicted octanol–water partition coefficient (Wildman–Crippen LogP) is 3.91. The molecule has 3 heterocycles. The lowest BCUT2D eigenvalue weighted by atomic mass is 10.1. The average Bonchev–Trinajstić information content (AvgIpc) is 3.05. The Labute approximate surface area is 187 Å². The lowest BCUT2D eigenvalue weighted by Crippen LogP contribution is -2.45. The van der Waals surface area contributed by atoms with Crippen LogP contribution in [0.5, 0.6) is 0 Å². The number of carbonyl (C=O) groups is 2. The molecular formula is C22H21FN4O2S2. The summed E-state index contributed by atoms with van der Waals surface area (Å²) in [7, 11) is 0. The summed E-state index contributed by atoms with van der Waals surface area (Å²) in [6.07, 6.45) is 1.08. The Balaban J connectivity index is 1.37. The lowest BCUT2D eigenvalue weighted by molar-refractivity contribution is 0.0690. The van der Waals surface area contributed by atoms with Gasteiger partial charge in [-0.25, -0.2) is 14.4 Å². The molecule has 2 aromatic heterocycles. The Kier molecular flexibility index (Phi) is 5.10. The second kappa shape index (κ2) is 7.80. The number of hydrogen-bond acceptors (Lipinski definition) is 6. The molecule has 0 bridgehead atoms. The zero-order valence-electron chi connectivity index (χ0n) is 17.1. The van der Waals surface area contributed by atoms with E-state index in [0.717, 1.165) is 11.4 Å². The molecule has 6 nitrogen and oxygen atoms in total. The van der Waals surface area contributed by atoms with Gasteiger partial charge in [-0.1, -0.05) is 12.1 Å². The van der Waals surface area contributed by atoms with Crippen LogP contribution < -0.4 is 5.32 Å². The minimum absolute atomic E-state index is 0.0583. The molecule has 2 aliphatic rings. The van der Waals surface area contributed by atoms with Crippen LogP contribution in [0.2, 0.25) is 0 Å². The molecule has 0 unspecified atom stereocenters. The van der Waals surface area contributed by atoms with Gasteiger partial charge in [-0.3, -0.25) is 9.59 Å². The van der Waals surface area contributed by atoms with E-state index in [4.69, 9.17) is 0 Å². The van der Waals surface area contributed by atoms with Crippen molar-refractivity contribution in [2.24, 2.45) is 11.8 Å². The van der Waals surface area contributed by atoms with E-state index in [2.05, 4.69) is 15.3 Å². The van der Waals surface area contributed by atoms with Crippen molar-refractivity contribution in [3.63, 3.8) is 0 Å². The summed E-state index contributed by atoms with van der Waals surface area (Å²) in [5.74, 6) is 0.242. The summed E-state index contributed by atoms with van der Waals surface area (Å²) in [5.41, 5.74) is 3.39. The van der Waals surface area contributed by atoms with Crippen molar-refractivity contribution in [1.82, 2.24) is 20.2 Å². The fourth-order valence-corrected chi connectivity index (χ4v) is 6.02. The van der Waals surface area contributed by atoms with Gasteiger partial charge in [-0.05, 0) is 49.8 Å². The number of nitrogens with one attached hydrogen (secondary N) is 1. The number of carbonyl (C=O) groups excluding carboxylic acids is 2. The first kappa shape index (κ1) is 20.3. The van der Waals surface area contributed by atoms with Crippen LogP contribution in [0.1, 0.15) is 37.3 Å². The summed E-state index contributed by atoms with van der Waals surface area (Å²) in [4.78, 5) is 37.8. The first-order valence-electron chi connectivity index (χ1n) is 10.1. The second-order valence-corrected chi connectivity index (χ2v) is 10.1. The quantitative estimate of drug-likeness (QED) is 0.632. The van der Waals surface area contributed by atoms with Crippen molar-refractivity contribution < 1.29 is 14.0 Å².